The van der Waals surface area contributed by atoms with E-state index < -0.39 is 0 Å². The van der Waals surface area contributed by atoms with Gasteiger partial charge in [0.05, 0.1) is 0 Å². The summed E-state index contributed by atoms with van der Waals surface area (Å²) >= 11 is 0. The highest BCUT2D eigenvalue weighted by Crippen LogP contribution is 2.25. The predicted octanol–water partition coefficient (Wildman–Crippen LogP) is 7.27. The second-order valence-corrected chi connectivity index (χ2v) is 6.83. The molecule has 0 saturated heterocycles. The van der Waals surface area contributed by atoms with E-state index in [2.05, 4.69) is 6.92 Å². The van der Waals surface area contributed by atoms with Crippen LogP contribution >= 0.6 is 0 Å². The van der Waals surface area contributed by atoms with Crippen molar-refractivity contribution < 1.29 is 0 Å². The smallest absolute Gasteiger partial charge is 0.0414 e. The first-order chi connectivity index (χ1) is 9.43. The fourth-order valence-electron chi connectivity index (χ4n) is 3.57. The summed E-state index contributed by atoms with van der Waals surface area (Å²) in [5, 5.41) is 0. The number of unbranched alkanes of at least 4 members (excludes halogenated alkanes) is 6. The van der Waals surface area contributed by atoms with Crippen LogP contribution in [0.1, 0.15) is 116 Å². The molecule has 0 aliphatic heterocycles. The van der Waals surface area contributed by atoms with Crippen molar-refractivity contribution in [1.29, 1.82) is 0 Å². The zero-order valence-electron chi connectivity index (χ0n) is 13.6. The van der Waals surface area contributed by atoms with Crippen molar-refractivity contribution in [1.82, 2.24) is 0 Å². The molecule has 0 heteroatoms. The van der Waals surface area contributed by atoms with Crippen molar-refractivity contribution in [3.8, 4) is 0 Å². The molecule has 0 amide bonds. The van der Waals surface area contributed by atoms with Crippen LogP contribution in [0.5, 0.6) is 0 Å². The van der Waals surface area contributed by atoms with Crippen LogP contribution < -0.4 is 0 Å². The number of hydrogen-bond donors (Lipinski definition) is 0. The molecule has 1 rings (SSSR count). The van der Waals surface area contributed by atoms with E-state index in [9.17, 15) is 0 Å². The molecular weight excluding hydrogens is 228 g/mol. The zero-order chi connectivity index (χ0) is 13.6. The van der Waals surface area contributed by atoms with E-state index in [0.717, 1.165) is 5.92 Å². The first kappa shape index (κ1) is 17.1. The van der Waals surface area contributed by atoms with Crippen LogP contribution in [0.25, 0.3) is 0 Å². The Morgan fingerprint density at radius 3 is 1.63 bits per heavy atom. The highest BCUT2D eigenvalue weighted by molar-refractivity contribution is 4.63. The molecule has 0 unspecified atom stereocenters. The summed E-state index contributed by atoms with van der Waals surface area (Å²) in [5.74, 6) is 1.08. The first-order valence-corrected chi connectivity index (χ1v) is 9.43. The van der Waals surface area contributed by atoms with Gasteiger partial charge in [-0.05, 0) is 5.92 Å². The van der Waals surface area contributed by atoms with Gasteiger partial charge < -0.3 is 0 Å². The Morgan fingerprint density at radius 2 is 1.05 bits per heavy atom. The van der Waals surface area contributed by atoms with E-state index in [1.807, 2.05) is 0 Å². The molecule has 0 aromatic heterocycles. The Bertz CT molecular complexity index is 163. The summed E-state index contributed by atoms with van der Waals surface area (Å²) in [7, 11) is 0. The van der Waals surface area contributed by atoms with Gasteiger partial charge in [-0.25, -0.2) is 0 Å². The molecule has 0 bridgehead atoms. The van der Waals surface area contributed by atoms with Crippen molar-refractivity contribution >= 4 is 0 Å². The molecule has 1 fully saturated rings. The lowest BCUT2D eigenvalue weighted by Gasteiger charge is -2.18. The van der Waals surface area contributed by atoms with Crippen molar-refractivity contribution in [3.05, 3.63) is 0 Å². The lowest BCUT2D eigenvalue weighted by Crippen LogP contribution is -2.02. The highest BCUT2D eigenvalue weighted by atomic mass is 14.2. The van der Waals surface area contributed by atoms with Crippen LogP contribution in [-0.4, -0.2) is 0 Å². The highest BCUT2D eigenvalue weighted by Gasteiger charge is 2.09. The maximum Gasteiger partial charge on any atom is -0.0414 e. The van der Waals surface area contributed by atoms with Crippen molar-refractivity contribution in [2.75, 3.05) is 0 Å². The lowest BCUT2D eigenvalue weighted by atomic mass is 9.88. The normalized spacial score (nSPS) is 19.4. The summed E-state index contributed by atoms with van der Waals surface area (Å²) in [5.41, 5.74) is 0. The minimum absolute atomic E-state index is 1.08. The molecule has 1 aliphatic rings. The quantitative estimate of drug-likeness (QED) is 0.405. The van der Waals surface area contributed by atoms with Crippen LogP contribution in [-0.2, 0) is 0 Å². The zero-order valence-corrected chi connectivity index (χ0v) is 13.6. The maximum atomic E-state index is 2.31. The van der Waals surface area contributed by atoms with Crippen LogP contribution in [0.15, 0.2) is 0 Å². The van der Waals surface area contributed by atoms with Gasteiger partial charge in [-0.3, -0.25) is 0 Å². The fraction of sp³-hybridized carbons (Fsp3) is 1.00. The van der Waals surface area contributed by atoms with Gasteiger partial charge in [-0.2, -0.15) is 0 Å². The molecule has 0 nitrogen and oxygen atoms in total. The SMILES string of the molecule is CCCCCCCCCC1CCCCCCCCC1. The molecular formula is C19H38. The Labute approximate surface area is 122 Å². The molecule has 0 heterocycles. The van der Waals surface area contributed by atoms with Gasteiger partial charge in [0.15, 0.2) is 0 Å². The van der Waals surface area contributed by atoms with Gasteiger partial charge in [-0.1, -0.05) is 116 Å². The van der Waals surface area contributed by atoms with Gasteiger partial charge in [0, 0.05) is 0 Å². The molecule has 0 spiro atoms. The summed E-state index contributed by atoms with van der Waals surface area (Å²) in [6.07, 6.45) is 25.5. The topological polar surface area (TPSA) is 0 Å². The van der Waals surface area contributed by atoms with Crippen LogP contribution in [0.4, 0.5) is 0 Å². The molecule has 0 aromatic carbocycles. The second kappa shape index (κ2) is 13.0. The Morgan fingerprint density at radius 1 is 0.579 bits per heavy atom. The van der Waals surface area contributed by atoms with Gasteiger partial charge in [0.25, 0.3) is 0 Å². The average molecular weight is 267 g/mol. The Balaban J connectivity index is 1.98. The Kier molecular flexibility index (Phi) is 11.7. The van der Waals surface area contributed by atoms with Crippen molar-refractivity contribution in [2.45, 2.75) is 116 Å². The first-order valence-electron chi connectivity index (χ1n) is 9.43. The van der Waals surface area contributed by atoms with Crippen molar-refractivity contribution in [3.63, 3.8) is 0 Å². The summed E-state index contributed by atoms with van der Waals surface area (Å²) < 4.78 is 0. The van der Waals surface area contributed by atoms with Gasteiger partial charge >= 0.3 is 0 Å². The predicted molar refractivity (Wildman–Crippen MR) is 87.7 cm³/mol. The van der Waals surface area contributed by atoms with Gasteiger partial charge in [0.1, 0.15) is 0 Å². The fourth-order valence-corrected chi connectivity index (χ4v) is 3.57. The third-order valence-electron chi connectivity index (χ3n) is 4.94. The molecule has 19 heavy (non-hydrogen) atoms. The summed E-state index contributed by atoms with van der Waals surface area (Å²) in [6, 6.07) is 0. The molecule has 0 radical (unpaired) electrons. The van der Waals surface area contributed by atoms with E-state index in [0.29, 0.717) is 0 Å². The van der Waals surface area contributed by atoms with Crippen LogP contribution in [0.3, 0.4) is 0 Å². The molecule has 1 saturated carbocycles. The molecule has 0 aromatic rings. The molecule has 0 N–H and O–H groups in total. The van der Waals surface area contributed by atoms with Crippen molar-refractivity contribution in [2.24, 2.45) is 5.92 Å². The van der Waals surface area contributed by atoms with E-state index in [1.165, 1.54) is 109 Å². The maximum absolute atomic E-state index is 2.31. The minimum Gasteiger partial charge on any atom is -0.0654 e. The van der Waals surface area contributed by atoms with Gasteiger partial charge in [-0.15, -0.1) is 0 Å². The lowest BCUT2D eigenvalue weighted by molar-refractivity contribution is 0.356. The van der Waals surface area contributed by atoms with E-state index in [-0.39, 0.29) is 0 Å². The third kappa shape index (κ3) is 10.4. The van der Waals surface area contributed by atoms with E-state index >= 15 is 0 Å². The van der Waals surface area contributed by atoms with E-state index in [4.69, 9.17) is 0 Å². The Hall–Kier alpha value is 0. The summed E-state index contributed by atoms with van der Waals surface area (Å²) in [4.78, 5) is 0. The molecule has 114 valence electrons. The minimum atomic E-state index is 1.08. The van der Waals surface area contributed by atoms with Gasteiger partial charge in [0.2, 0.25) is 0 Å². The van der Waals surface area contributed by atoms with Crippen LogP contribution in [0.2, 0.25) is 0 Å². The summed E-state index contributed by atoms with van der Waals surface area (Å²) in [6.45, 7) is 2.31. The standard InChI is InChI=1S/C19H38/c1-2-3-4-5-7-10-13-16-19-17-14-11-8-6-9-12-15-18-19/h19H,2-18H2,1H3. The second-order valence-electron chi connectivity index (χ2n) is 6.83. The number of hydrogen-bond acceptors (Lipinski definition) is 0. The van der Waals surface area contributed by atoms with Crippen LogP contribution in [0, 0.1) is 5.92 Å². The third-order valence-corrected chi connectivity index (χ3v) is 4.94. The monoisotopic (exact) mass is 266 g/mol. The van der Waals surface area contributed by atoms with E-state index in [1.54, 1.807) is 0 Å². The average Bonchev–Trinajstić information content (AvgIpc) is 2.44. The molecule has 1 aliphatic carbocycles. The largest absolute Gasteiger partial charge is 0.0654 e. The number of rotatable bonds is 8. The molecule has 0 atom stereocenters.